The molecule has 1 aliphatic rings. The second kappa shape index (κ2) is 13.5. The first-order valence-electron chi connectivity index (χ1n) is 11.4. The zero-order valence-electron chi connectivity index (χ0n) is 17.8. The van der Waals surface area contributed by atoms with Crippen LogP contribution in [0.1, 0.15) is 96.0 Å². The quantitative estimate of drug-likeness (QED) is 0.199. The van der Waals surface area contributed by atoms with Gasteiger partial charge in [-0.3, -0.25) is 4.79 Å². The predicted molar refractivity (Wildman–Crippen MR) is 115 cm³/mol. The fourth-order valence-electron chi connectivity index (χ4n) is 4.21. The first-order chi connectivity index (χ1) is 14.1. The normalized spacial score (nSPS) is 19.0. The summed E-state index contributed by atoms with van der Waals surface area (Å²) >= 11 is 0. The van der Waals surface area contributed by atoms with Crippen molar-refractivity contribution in [3.8, 4) is 5.75 Å². The van der Waals surface area contributed by atoms with Crippen LogP contribution in [0.2, 0.25) is 0 Å². The molecule has 0 radical (unpaired) electrons. The third kappa shape index (κ3) is 9.56. The topological polar surface area (TPSA) is 26.3 Å². The van der Waals surface area contributed by atoms with E-state index in [1.165, 1.54) is 69.9 Å². The lowest BCUT2D eigenvalue weighted by atomic mass is 9.80. The van der Waals surface area contributed by atoms with Gasteiger partial charge in [-0.05, 0) is 49.3 Å². The van der Waals surface area contributed by atoms with Crippen LogP contribution in [-0.2, 0) is 4.79 Å². The minimum absolute atomic E-state index is 0.0346. The molecule has 0 spiro atoms. The number of carbonyl (C=O) groups excluding carboxylic acids is 1. The molecule has 0 aromatic heterocycles. The van der Waals surface area contributed by atoms with Crippen molar-refractivity contribution < 1.29 is 18.3 Å². The lowest BCUT2D eigenvalue weighted by Gasteiger charge is -2.27. The second-order valence-corrected chi connectivity index (χ2v) is 8.41. The Balaban J connectivity index is 1.59. The SMILES string of the molecule is CCCCCCCCCCC1CCC(C(=O)Oc2ccc(C=C(F)F)cc2)CC1. The molecule has 1 aromatic carbocycles. The number of benzene rings is 1. The predicted octanol–water partition coefficient (Wildman–Crippen LogP) is 8.17. The van der Waals surface area contributed by atoms with E-state index in [0.29, 0.717) is 11.3 Å². The Morgan fingerprint density at radius 3 is 2.10 bits per heavy atom. The number of unbranched alkanes of at least 4 members (excludes halogenated alkanes) is 7. The van der Waals surface area contributed by atoms with Crippen molar-refractivity contribution in [2.24, 2.45) is 11.8 Å². The Labute approximate surface area is 174 Å². The van der Waals surface area contributed by atoms with Crippen molar-refractivity contribution in [2.45, 2.75) is 90.4 Å². The van der Waals surface area contributed by atoms with Crippen LogP contribution in [-0.4, -0.2) is 5.97 Å². The zero-order valence-corrected chi connectivity index (χ0v) is 17.8. The average molecular weight is 407 g/mol. The summed E-state index contributed by atoms with van der Waals surface area (Å²) < 4.78 is 30.0. The maximum atomic E-state index is 12.4. The van der Waals surface area contributed by atoms with Crippen molar-refractivity contribution in [2.75, 3.05) is 0 Å². The van der Waals surface area contributed by atoms with Gasteiger partial charge in [0, 0.05) is 6.08 Å². The molecule has 1 aliphatic carbocycles. The van der Waals surface area contributed by atoms with Crippen molar-refractivity contribution in [3.05, 3.63) is 35.9 Å². The van der Waals surface area contributed by atoms with Crippen molar-refractivity contribution in [1.82, 2.24) is 0 Å². The van der Waals surface area contributed by atoms with Gasteiger partial charge in [0.25, 0.3) is 6.08 Å². The number of rotatable bonds is 12. The monoisotopic (exact) mass is 406 g/mol. The van der Waals surface area contributed by atoms with Gasteiger partial charge < -0.3 is 4.74 Å². The summed E-state index contributed by atoms with van der Waals surface area (Å²) in [6, 6.07) is 6.20. The fourth-order valence-corrected chi connectivity index (χ4v) is 4.21. The molecule has 2 nitrogen and oxygen atoms in total. The molecule has 0 amide bonds. The van der Waals surface area contributed by atoms with Crippen LogP contribution in [0.5, 0.6) is 5.75 Å². The van der Waals surface area contributed by atoms with E-state index in [4.69, 9.17) is 4.74 Å². The molecule has 1 saturated carbocycles. The summed E-state index contributed by atoms with van der Waals surface area (Å²) in [6.07, 6.45) is 15.2. The number of carbonyl (C=O) groups is 1. The van der Waals surface area contributed by atoms with Crippen LogP contribution in [0.15, 0.2) is 30.3 Å². The highest BCUT2D eigenvalue weighted by atomic mass is 19.3. The van der Waals surface area contributed by atoms with Gasteiger partial charge in [0.15, 0.2) is 0 Å². The fraction of sp³-hybridized carbons (Fsp3) is 0.640. The molecule has 0 atom stereocenters. The Morgan fingerprint density at radius 1 is 0.931 bits per heavy atom. The average Bonchev–Trinajstić information content (AvgIpc) is 2.71. The van der Waals surface area contributed by atoms with Gasteiger partial charge in [0.05, 0.1) is 5.92 Å². The molecule has 1 aromatic rings. The number of halogens is 2. The van der Waals surface area contributed by atoms with E-state index >= 15 is 0 Å². The van der Waals surface area contributed by atoms with Gasteiger partial charge in [-0.2, -0.15) is 8.78 Å². The van der Waals surface area contributed by atoms with Crippen molar-refractivity contribution in [3.63, 3.8) is 0 Å². The number of hydrogen-bond donors (Lipinski definition) is 0. The highest BCUT2D eigenvalue weighted by molar-refractivity contribution is 5.75. The maximum absolute atomic E-state index is 12.4. The number of hydrogen-bond acceptors (Lipinski definition) is 2. The van der Waals surface area contributed by atoms with E-state index in [-0.39, 0.29) is 11.9 Å². The third-order valence-electron chi connectivity index (χ3n) is 6.02. The minimum atomic E-state index is -1.74. The molecule has 0 aliphatic heterocycles. The van der Waals surface area contributed by atoms with Crippen LogP contribution in [0.25, 0.3) is 6.08 Å². The lowest BCUT2D eigenvalue weighted by molar-refractivity contribution is -0.140. The third-order valence-corrected chi connectivity index (χ3v) is 6.02. The highest BCUT2D eigenvalue weighted by Crippen LogP contribution is 2.33. The van der Waals surface area contributed by atoms with E-state index in [1.807, 2.05) is 0 Å². The summed E-state index contributed by atoms with van der Waals surface area (Å²) in [7, 11) is 0. The van der Waals surface area contributed by atoms with Crippen LogP contribution in [0.4, 0.5) is 8.78 Å². The molecule has 0 bridgehead atoms. The van der Waals surface area contributed by atoms with Crippen LogP contribution < -0.4 is 4.74 Å². The van der Waals surface area contributed by atoms with Crippen molar-refractivity contribution in [1.29, 1.82) is 0 Å². The molecule has 0 saturated heterocycles. The summed E-state index contributed by atoms with van der Waals surface area (Å²) in [5.41, 5.74) is 0.395. The summed E-state index contributed by atoms with van der Waals surface area (Å²) in [5, 5.41) is 0. The molecule has 0 unspecified atom stereocenters. The maximum Gasteiger partial charge on any atom is 0.314 e. The van der Waals surface area contributed by atoms with Gasteiger partial charge in [-0.15, -0.1) is 0 Å². The molecule has 162 valence electrons. The van der Waals surface area contributed by atoms with Gasteiger partial charge in [-0.1, -0.05) is 76.8 Å². The summed E-state index contributed by atoms with van der Waals surface area (Å²) in [4.78, 5) is 12.4. The zero-order chi connectivity index (χ0) is 20.9. The van der Waals surface area contributed by atoms with Gasteiger partial charge in [0.2, 0.25) is 0 Å². The second-order valence-electron chi connectivity index (χ2n) is 8.41. The summed E-state index contributed by atoms with van der Waals surface area (Å²) in [6.45, 7) is 2.25. The Morgan fingerprint density at radius 2 is 1.52 bits per heavy atom. The molecule has 2 rings (SSSR count). The molecular weight excluding hydrogens is 370 g/mol. The van der Waals surface area contributed by atoms with Crippen LogP contribution >= 0.6 is 0 Å². The lowest BCUT2D eigenvalue weighted by Crippen LogP contribution is -2.25. The van der Waals surface area contributed by atoms with Gasteiger partial charge in [0.1, 0.15) is 5.75 Å². The molecule has 29 heavy (non-hydrogen) atoms. The van der Waals surface area contributed by atoms with E-state index in [2.05, 4.69) is 6.92 Å². The Bertz CT molecular complexity index is 612. The smallest absolute Gasteiger partial charge is 0.314 e. The van der Waals surface area contributed by atoms with Crippen LogP contribution in [0, 0.1) is 11.8 Å². The Hall–Kier alpha value is -1.71. The van der Waals surface area contributed by atoms with Crippen LogP contribution in [0.3, 0.4) is 0 Å². The largest absolute Gasteiger partial charge is 0.426 e. The molecule has 4 heteroatoms. The van der Waals surface area contributed by atoms with Gasteiger partial charge >= 0.3 is 5.97 Å². The van der Waals surface area contributed by atoms with Gasteiger partial charge in [-0.25, -0.2) is 0 Å². The summed E-state index contributed by atoms with van der Waals surface area (Å²) in [5.74, 6) is 0.955. The van der Waals surface area contributed by atoms with E-state index < -0.39 is 6.08 Å². The van der Waals surface area contributed by atoms with E-state index in [9.17, 15) is 13.6 Å². The first kappa shape index (κ1) is 23.6. The Kier molecular flexibility index (Phi) is 11.0. The first-order valence-corrected chi connectivity index (χ1v) is 11.4. The van der Waals surface area contributed by atoms with E-state index in [0.717, 1.165) is 37.7 Å². The molecular formula is C25H36F2O2. The molecule has 0 heterocycles. The molecule has 1 fully saturated rings. The van der Waals surface area contributed by atoms with Crippen molar-refractivity contribution >= 4 is 12.0 Å². The minimum Gasteiger partial charge on any atom is -0.426 e. The number of esters is 1. The highest BCUT2D eigenvalue weighted by Gasteiger charge is 2.27. The standard InChI is InChI=1S/C25H36F2O2/c1-2-3-4-5-6-7-8-9-10-20-11-15-22(16-12-20)25(28)29-23-17-13-21(14-18-23)19-24(26)27/h13-14,17-20,22H,2-12,15-16H2,1H3. The molecule has 0 N–H and O–H groups in total. The van der Waals surface area contributed by atoms with E-state index in [1.54, 1.807) is 12.1 Å². The number of ether oxygens (including phenoxy) is 1.